The first kappa shape index (κ1) is 8.70. The van der Waals surface area contributed by atoms with Crippen LogP contribution in [0, 0.1) is 0 Å². The van der Waals surface area contributed by atoms with Crippen molar-refractivity contribution in [2.24, 2.45) is 0 Å². The first-order valence-electron chi connectivity index (χ1n) is 3.74. The molecule has 0 atom stereocenters. The number of esters is 1. The first-order chi connectivity index (χ1) is 5.83. The van der Waals surface area contributed by atoms with Crippen molar-refractivity contribution in [1.29, 1.82) is 0 Å². The van der Waals surface area contributed by atoms with E-state index in [1.54, 1.807) is 17.1 Å². The van der Waals surface area contributed by atoms with E-state index in [0.717, 1.165) is 6.42 Å². The molecule has 1 aromatic rings. The summed E-state index contributed by atoms with van der Waals surface area (Å²) in [4.78, 5) is 10.7. The maximum absolute atomic E-state index is 10.7. The van der Waals surface area contributed by atoms with Crippen molar-refractivity contribution in [2.45, 2.75) is 19.4 Å². The molecule has 66 valence electrons. The molecular weight excluding hydrogens is 158 g/mol. The number of carbonyl (C=O) groups excluding carboxylic acids is 1. The predicted molar refractivity (Wildman–Crippen MR) is 41.3 cm³/mol. The Hall–Kier alpha value is -1.39. The third kappa shape index (κ3) is 2.69. The van der Waals surface area contributed by atoms with Crippen LogP contribution in [0.3, 0.4) is 0 Å². The summed E-state index contributed by atoms with van der Waals surface area (Å²) in [5, 5.41) is 7.39. The molecule has 0 spiro atoms. The van der Waals surface area contributed by atoms with E-state index in [0.29, 0.717) is 13.0 Å². The minimum atomic E-state index is -0.185. The molecule has 0 aliphatic rings. The lowest BCUT2D eigenvalue weighted by Crippen LogP contribution is -2.04. The summed E-state index contributed by atoms with van der Waals surface area (Å²) in [5.74, 6) is -0.185. The maximum Gasteiger partial charge on any atom is 0.305 e. The fourth-order valence-electron chi connectivity index (χ4n) is 0.839. The van der Waals surface area contributed by atoms with Gasteiger partial charge in [0.05, 0.1) is 13.3 Å². The van der Waals surface area contributed by atoms with Crippen LogP contribution in [-0.2, 0) is 16.1 Å². The van der Waals surface area contributed by atoms with E-state index < -0.39 is 0 Å². The second kappa shape index (κ2) is 4.48. The van der Waals surface area contributed by atoms with Gasteiger partial charge in [0.1, 0.15) is 0 Å². The van der Waals surface area contributed by atoms with Gasteiger partial charge in [0, 0.05) is 19.2 Å². The number of ether oxygens (including phenoxy) is 1. The average Bonchev–Trinajstić information content (AvgIpc) is 2.57. The van der Waals surface area contributed by atoms with Crippen molar-refractivity contribution >= 4 is 5.97 Å². The topological polar surface area (TPSA) is 57.0 Å². The van der Waals surface area contributed by atoms with Gasteiger partial charge >= 0.3 is 5.97 Å². The van der Waals surface area contributed by atoms with Gasteiger partial charge in [0.25, 0.3) is 0 Å². The Morgan fingerprint density at radius 1 is 1.67 bits per heavy atom. The summed E-state index contributed by atoms with van der Waals surface area (Å²) in [7, 11) is 1.39. The highest BCUT2D eigenvalue weighted by atomic mass is 16.5. The molecule has 0 amide bonds. The summed E-state index contributed by atoms with van der Waals surface area (Å²) in [6, 6.07) is 0. The highest BCUT2D eigenvalue weighted by Gasteiger charge is 1.99. The summed E-state index contributed by atoms with van der Waals surface area (Å²) in [6.07, 6.45) is 4.53. The molecule has 1 heterocycles. The number of carbonyl (C=O) groups is 1. The van der Waals surface area contributed by atoms with Gasteiger partial charge in [-0.1, -0.05) is 5.21 Å². The Kier molecular flexibility index (Phi) is 3.25. The van der Waals surface area contributed by atoms with Crippen molar-refractivity contribution in [2.75, 3.05) is 7.11 Å². The molecule has 0 aliphatic heterocycles. The van der Waals surface area contributed by atoms with Gasteiger partial charge in [-0.15, -0.1) is 5.10 Å². The number of rotatable bonds is 4. The van der Waals surface area contributed by atoms with Crippen LogP contribution in [0.5, 0.6) is 0 Å². The van der Waals surface area contributed by atoms with Gasteiger partial charge in [0.2, 0.25) is 0 Å². The molecule has 1 aromatic heterocycles. The molecule has 0 aliphatic carbocycles. The van der Waals surface area contributed by atoms with E-state index in [2.05, 4.69) is 15.0 Å². The average molecular weight is 169 g/mol. The zero-order valence-corrected chi connectivity index (χ0v) is 6.93. The smallest absolute Gasteiger partial charge is 0.305 e. The molecule has 0 fully saturated rings. The summed E-state index contributed by atoms with van der Waals surface area (Å²) >= 11 is 0. The van der Waals surface area contributed by atoms with Crippen LogP contribution in [0.2, 0.25) is 0 Å². The van der Waals surface area contributed by atoms with Gasteiger partial charge < -0.3 is 4.74 Å². The normalized spacial score (nSPS) is 9.75. The lowest BCUT2D eigenvalue weighted by atomic mass is 10.3. The SMILES string of the molecule is COC(=O)CCCn1ccnn1. The lowest BCUT2D eigenvalue weighted by Gasteiger charge is -1.98. The number of aryl methyl sites for hydroxylation is 1. The highest BCUT2D eigenvalue weighted by Crippen LogP contribution is 1.94. The Morgan fingerprint density at radius 3 is 3.08 bits per heavy atom. The third-order valence-electron chi connectivity index (χ3n) is 1.47. The van der Waals surface area contributed by atoms with Crippen molar-refractivity contribution in [3.8, 4) is 0 Å². The molecule has 0 bridgehead atoms. The van der Waals surface area contributed by atoms with Crippen LogP contribution in [-0.4, -0.2) is 28.1 Å². The Bertz CT molecular complexity index is 233. The monoisotopic (exact) mass is 169 g/mol. The van der Waals surface area contributed by atoms with Crippen LogP contribution < -0.4 is 0 Å². The van der Waals surface area contributed by atoms with Crippen molar-refractivity contribution in [1.82, 2.24) is 15.0 Å². The van der Waals surface area contributed by atoms with Crippen LogP contribution >= 0.6 is 0 Å². The summed E-state index contributed by atoms with van der Waals surface area (Å²) in [6.45, 7) is 0.703. The van der Waals surface area contributed by atoms with E-state index >= 15 is 0 Å². The fourth-order valence-corrected chi connectivity index (χ4v) is 0.839. The van der Waals surface area contributed by atoms with Gasteiger partial charge in [0.15, 0.2) is 0 Å². The zero-order valence-electron chi connectivity index (χ0n) is 6.93. The second-order valence-corrected chi connectivity index (χ2v) is 2.35. The third-order valence-corrected chi connectivity index (χ3v) is 1.47. The molecule has 1 rings (SSSR count). The van der Waals surface area contributed by atoms with Crippen LogP contribution in [0.15, 0.2) is 12.4 Å². The zero-order chi connectivity index (χ0) is 8.81. The van der Waals surface area contributed by atoms with E-state index in [1.165, 1.54) is 7.11 Å². The van der Waals surface area contributed by atoms with Gasteiger partial charge in [-0.25, -0.2) is 0 Å². The molecule has 0 radical (unpaired) electrons. The molecule has 0 saturated heterocycles. The van der Waals surface area contributed by atoms with Crippen molar-refractivity contribution < 1.29 is 9.53 Å². The number of hydrogen-bond donors (Lipinski definition) is 0. The molecule has 0 aromatic carbocycles. The Morgan fingerprint density at radius 2 is 2.50 bits per heavy atom. The Balaban J connectivity index is 2.15. The number of hydrogen-bond acceptors (Lipinski definition) is 4. The fraction of sp³-hybridized carbons (Fsp3) is 0.571. The number of aromatic nitrogens is 3. The minimum absolute atomic E-state index is 0.185. The first-order valence-corrected chi connectivity index (χ1v) is 3.74. The second-order valence-electron chi connectivity index (χ2n) is 2.35. The molecule has 12 heavy (non-hydrogen) atoms. The van der Waals surface area contributed by atoms with Crippen LogP contribution in [0.25, 0.3) is 0 Å². The molecule has 0 N–H and O–H groups in total. The molecule has 5 nitrogen and oxygen atoms in total. The number of nitrogens with zero attached hydrogens (tertiary/aromatic N) is 3. The highest BCUT2D eigenvalue weighted by molar-refractivity contribution is 5.68. The van der Waals surface area contributed by atoms with Crippen LogP contribution in [0.4, 0.5) is 0 Å². The summed E-state index contributed by atoms with van der Waals surface area (Å²) in [5.41, 5.74) is 0. The molecule has 0 unspecified atom stereocenters. The van der Waals surface area contributed by atoms with E-state index in [4.69, 9.17) is 0 Å². The quantitative estimate of drug-likeness (QED) is 0.605. The van der Waals surface area contributed by atoms with E-state index in [9.17, 15) is 4.79 Å². The van der Waals surface area contributed by atoms with Crippen molar-refractivity contribution in [3.05, 3.63) is 12.4 Å². The number of methoxy groups -OCH3 is 1. The van der Waals surface area contributed by atoms with Crippen molar-refractivity contribution in [3.63, 3.8) is 0 Å². The lowest BCUT2D eigenvalue weighted by molar-refractivity contribution is -0.140. The van der Waals surface area contributed by atoms with Gasteiger partial charge in [-0.05, 0) is 6.42 Å². The molecule has 0 saturated carbocycles. The predicted octanol–water partition coefficient (Wildman–Crippen LogP) is 0.231. The summed E-state index contributed by atoms with van der Waals surface area (Å²) < 4.78 is 6.17. The minimum Gasteiger partial charge on any atom is -0.469 e. The molecular formula is C7H11N3O2. The largest absolute Gasteiger partial charge is 0.469 e. The van der Waals surface area contributed by atoms with E-state index in [-0.39, 0.29) is 5.97 Å². The maximum atomic E-state index is 10.7. The van der Waals surface area contributed by atoms with E-state index in [1.807, 2.05) is 0 Å². The van der Waals surface area contributed by atoms with Gasteiger partial charge in [-0.2, -0.15) is 0 Å². The van der Waals surface area contributed by atoms with Gasteiger partial charge in [-0.3, -0.25) is 9.48 Å². The Labute approximate surface area is 70.3 Å². The standard InChI is InChI=1S/C7H11N3O2/c1-12-7(11)3-2-5-10-6-4-8-9-10/h4,6H,2-3,5H2,1H3. The van der Waals surface area contributed by atoms with Crippen LogP contribution in [0.1, 0.15) is 12.8 Å². The molecule has 5 heteroatoms.